The van der Waals surface area contributed by atoms with Crippen LogP contribution in [0.3, 0.4) is 0 Å². The Kier molecular flexibility index (Phi) is 18.4. The smallest absolute Gasteiger partial charge is 0.221 e. The summed E-state index contributed by atoms with van der Waals surface area (Å²) in [4.78, 5) is 12.0. The Morgan fingerprint density at radius 2 is 1.54 bits per heavy atom. The minimum Gasteiger partial charge on any atom is -0.391 e. The van der Waals surface area contributed by atoms with E-state index in [-0.39, 0.29) is 19.1 Å². The average molecular weight is 502 g/mol. The van der Waals surface area contributed by atoms with Crippen LogP contribution in [0.1, 0.15) is 103 Å². The lowest BCUT2D eigenvalue weighted by molar-refractivity contribution is -0.348. The highest BCUT2D eigenvalue weighted by atomic mass is 16.7. The van der Waals surface area contributed by atoms with Gasteiger partial charge in [-0.25, -0.2) is 0 Å². The molecule has 0 aromatic heterocycles. The molecular formula is C27H51NO7. The second-order valence-electron chi connectivity index (χ2n) is 9.67. The number of allylic oxidation sites excluding steroid dienone is 2. The quantitative estimate of drug-likeness (QED) is 0.120. The molecule has 1 aliphatic rings. The molecule has 35 heavy (non-hydrogen) atoms. The molecule has 4 atom stereocenters. The Hall–Kier alpha value is -1.03. The zero-order valence-corrected chi connectivity index (χ0v) is 21.8. The predicted octanol–water partition coefficient (Wildman–Crippen LogP) is 3.35. The third-order valence-electron chi connectivity index (χ3n) is 6.54. The second kappa shape index (κ2) is 20.1. The Morgan fingerprint density at radius 3 is 2.17 bits per heavy atom. The van der Waals surface area contributed by atoms with E-state index in [4.69, 9.17) is 9.47 Å². The first-order valence-electron chi connectivity index (χ1n) is 13.8. The van der Waals surface area contributed by atoms with Gasteiger partial charge in [-0.3, -0.25) is 4.79 Å². The van der Waals surface area contributed by atoms with E-state index in [1.165, 1.54) is 57.8 Å². The Bertz CT molecular complexity index is 560. The van der Waals surface area contributed by atoms with Crippen LogP contribution in [0.15, 0.2) is 12.2 Å². The van der Waals surface area contributed by atoms with Crippen molar-refractivity contribution in [1.29, 1.82) is 0 Å². The lowest BCUT2D eigenvalue weighted by Crippen LogP contribution is -2.63. The fourth-order valence-electron chi connectivity index (χ4n) is 4.18. The van der Waals surface area contributed by atoms with Gasteiger partial charge in [0.1, 0.15) is 24.9 Å². The van der Waals surface area contributed by atoms with E-state index in [0.717, 1.165) is 25.7 Å². The van der Waals surface area contributed by atoms with E-state index in [0.29, 0.717) is 19.4 Å². The summed E-state index contributed by atoms with van der Waals surface area (Å²) in [5.74, 6) is -1.75. The normalized spacial score (nSPS) is 24.8. The van der Waals surface area contributed by atoms with Crippen molar-refractivity contribution in [3.8, 4) is 0 Å². The highest BCUT2D eigenvalue weighted by Crippen LogP contribution is 2.27. The number of rotatable bonds is 21. The van der Waals surface area contributed by atoms with E-state index in [1.807, 2.05) is 0 Å². The van der Waals surface area contributed by atoms with Gasteiger partial charge in [-0.2, -0.15) is 0 Å². The maximum Gasteiger partial charge on any atom is 0.221 e. The van der Waals surface area contributed by atoms with Gasteiger partial charge in [0, 0.05) is 13.0 Å². The average Bonchev–Trinajstić information content (AvgIpc) is 2.86. The number of nitrogens with one attached hydrogen (secondary N) is 1. The summed E-state index contributed by atoms with van der Waals surface area (Å²) in [7, 11) is 0. The van der Waals surface area contributed by atoms with Gasteiger partial charge in [0.05, 0.1) is 13.2 Å². The van der Waals surface area contributed by atoms with E-state index >= 15 is 0 Å². The zero-order valence-electron chi connectivity index (χ0n) is 21.8. The van der Waals surface area contributed by atoms with E-state index < -0.39 is 30.7 Å². The van der Waals surface area contributed by atoms with E-state index in [9.17, 15) is 25.2 Å². The van der Waals surface area contributed by atoms with Crippen LogP contribution in [0.4, 0.5) is 0 Å². The molecular weight excluding hydrogens is 450 g/mol. The largest absolute Gasteiger partial charge is 0.391 e. The fraction of sp³-hybridized carbons (Fsp3) is 0.889. The van der Waals surface area contributed by atoms with Crippen LogP contribution in [-0.2, 0) is 14.3 Å². The van der Waals surface area contributed by atoms with Gasteiger partial charge in [0.2, 0.25) is 11.7 Å². The molecule has 8 nitrogen and oxygen atoms in total. The standard InChI is InChI=1S/C27H51NO7/c1-2-3-4-5-6-7-8-9-10-11-12-13-14-15-16-18-24(31)28-19-17-20-34-27(22-29)26(33)25(32)23(30)21-35-27/h9-10,23,25-26,29-30,32-33H,2-8,11-22H2,1H3,(H,28,31)/b10-9-/t23-,25-,26+,27-/m1/s1. The summed E-state index contributed by atoms with van der Waals surface area (Å²) in [6.45, 7) is 1.88. The molecule has 1 aliphatic heterocycles. The topological polar surface area (TPSA) is 128 Å². The van der Waals surface area contributed by atoms with Crippen LogP contribution in [-0.4, -0.2) is 76.8 Å². The van der Waals surface area contributed by atoms with Crippen molar-refractivity contribution >= 4 is 5.91 Å². The Balaban J connectivity index is 1.94. The lowest BCUT2D eigenvalue weighted by atomic mass is 9.97. The number of carbonyl (C=O) groups excluding carboxylic acids is 1. The molecule has 0 saturated carbocycles. The van der Waals surface area contributed by atoms with Crippen molar-refractivity contribution in [2.45, 2.75) is 127 Å². The monoisotopic (exact) mass is 501 g/mol. The van der Waals surface area contributed by atoms with Crippen molar-refractivity contribution in [2.75, 3.05) is 26.4 Å². The molecule has 1 amide bonds. The molecule has 0 aliphatic carbocycles. The summed E-state index contributed by atoms with van der Waals surface area (Å²) < 4.78 is 10.7. The van der Waals surface area contributed by atoms with Crippen LogP contribution in [0.25, 0.3) is 0 Å². The number of unbranched alkanes of at least 4 members (excludes halogenated alkanes) is 11. The molecule has 1 fully saturated rings. The molecule has 5 N–H and O–H groups in total. The van der Waals surface area contributed by atoms with Crippen molar-refractivity contribution in [3.05, 3.63) is 12.2 Å². The molecule has 0 unspecified atom stereocenters. The number of aliphatic hydroxyl groups excluding tert-OH is 4. The predicted molar refractivity (Wildman–Crippen MR) is 137 cm³/mol. The molecule has 1 rings (SSSR count). The van der Waals surface area contributed by atoms with Crippen LogP contribution >= 0.6 is 0 Å². The third-order valence-corrected chi connectivity index (χ3v) is 6.54. The van der Waals surface area contributed by atoms with Gasteiger partial charge in [-0.1, -0.05) is 70.4 Å². The van der Waals surface area contributed by atoms with Crippen LogP contribution in [0, 0.1) is 0 Å². The summed E-state index contributed by atoms with van der Waals surface area (Å²) in [6, 6.07) is 0. The van der Waals surface area contributed by atoms with Crippen molar-refractivity contribution < 1.29 is 34.7 Å². The van der Waals surface area contributed by atoms with Crippen molar-refractivity contribution in [1.82, 2.24) is 5.32 Å². The number of ether oxygens (including phenoxy) is 2. The van der Waals surface area contributed by atoms with Crippen molar-refractivity contribution in [2.24, 2.45) is 0 Å². The first-order valence-corrected chi connectivity index (χ1v) is 13.8. The van der Waals surface area contributed by atoms with E-state index in [2.05, 4.69) is 24.4 Å². The SMILES string of the molecule is CCCCCCCC/C=C\CCCCCCCC(=O)NCCCO[C@]1(CO)OC[C@@H](O)[C@@H](O)[C@@H]1O. The molecule has 206 valence electrons. The fourth-order valence-corrected chi connectivity index (χ4v) is 4.18. The summed E-state index contributed by atoms with van der Waals surface area (Å²) in [6.07, 6.45) is 17.3. The maximum atomic E-state index is 12.0. The number of aliphatic hydroxyl groups is 4. The molecule has 8 heteroatoms. The highest BCUT2D eigenvalue weighted by Gasteiger charge is 2.50. The lowest BCUT2D eigenvalue weighted by Gasteiger charge is -2.43. The van der Waals surface area contributed by atoms with Gasteiger partial charge in [-0.15, -0.1) is 0 Å². The van der Waals surface area contributed by atoms with Crippen molar-refractivity contribution in [3.63, 3.8) is 0 Å². The van der Waals surface area contributed by atoms with E-state index in [1.54, 1.807) is 0 Å². The Labute approximate surface area is 212 Å². The van der Waals surface area contributed by atoms with Crippen LogP contribution in [0.5, 0.6) is 0 Å². The first-order chi connectivity index (χ1) is 17.0. The summed E-state index contributed by atoms with van der Waals surface area (Å²) in [5, 5.41) is 41.8. The minimum absolute atomic E-state index is 0.00648. The van der Waals surface area contributed by atoms with Crippen LogP contribution < -0.4 is 5.32 Å². The molecule has 0 aromatic carbocycles. The molecule has 0 bridgehead atoms. The van der Waals surface area contributed by atoms with Crippen LogP contribution in [0.2, 0.25) is 0 Å². The van der Waals surface area contributed by atoms with Gasteiger partial charge in [-0.05, 0) is 38.5 Å². The van der Waals surface area contributed by atoms with Gasteiger partial charge >= 0.3 is 0 Å². The number of hydrogen-bond donors (Lipinski definition) is 5. The third kappa shape index (κ3) is 13.7. The summed E-state index contributed by atoms with van der Waals surface area (Å²) in [5.41, 5.74) is 0. The number of hydrogen-bond acceptors (Lipinski definition) is 7. The first kappa shape index (κ1) is 32.0. The van der Waals surface area contributed by atoms with Gasteiger partial charge in [0.15, 0.2) is 0 Å². The maximum absolute atomic E-state index is 12.0. The molecule has 0 radical (unpaired) electrons. The molecule has 0 spiro atoms. The molecule has 1 saturated heterocycles. The van der Waals surface area contributed by atoms with Gasteiger partial charge < -0.3 is 35.2 Å². The number of carbonyl (C=O) groups is 1. The molecule has 0 aromatic rings. The highest BCUT2D eigenvalue weighted by molar-refractivity contribution is 5.75. The second-order valence-corrected chi connectivity index (χ2v) is 9.67. The molecule has 1 heterocycles. The minimum atomic E-state index is -1.76. The zero-order chi connectivity index (χ0) is 25.8. The van der Waals surface area contributed by atoms with Gasteiger partial charge in [0.25, 0.3) is 0 Å². The Morgan fingerprint density at radius 1 is 0.943 bits per heavy atom. The summed E-state index contributed by atoms with van der Waals surface area (Å²) >= 11 is 0. The number of amides is 1.